The lowest BCUT2D eigenvalue weighted by Crippen LogP contribution is -2.38. The normalized spacial score (nSPS) is 14.9. The third kappa shape index (κ3) is 4.30. The summed E-state index contributed by atoms with van der Waals surface area (Å²) >= 11 is 1.81. The first-order valence-electron chi connectivity index (χ1n) is 5.76. The van der Waals surface area contributed by atoms with Crippen LogP contribution in [-0.2, 0) is 0 Å². The molecule has 0 fully saturated rings. The van der Waals surface area contributed by atoms with Crippen LogP contribution in [0.5, 0.6) is 0 Å². The summed E-state index contributed by atoms with van der Waals surface area (Å²) in [6.07, 6.45) is 2.09. The summed E-state index contributed by atoms with van der Waals surface area (Å²) in [5.74, 6) is 0.866. The van der Waals surface area contributed by atoms with Crippen molar-refractivity contribution in [3.8, 4) is 0 Å². The Morgan fingerprint density at radius 1 is 1.35 bits per heavy atom. The van der Waals surface area contributed by atoms with Crippen molar-refractivity contribution in [1.29, 1.82) is 0 Å². The number of rotatable bonds is 6. The molecule has 1 rings (SSSR count). The molecule has 1 aromatic carbocycles. The summed E-state index contributed by atoms with van der Waals surface area (Å²) in [5, 5.41) is 0. The molecular formula is C13H21FN2S. The van der Waals surface area contributed by atoms with E-state index < -0.39 is 0 Å². The lowest BCUT2D eigenvalue weighted by molar-refractivity contribution is 0.232. The van der Waals surface area contributed by atoms with E-state index in [1.807, 2.05) is 30.8 Å². The van der Waals surface area contributed by atoms with Gasteiger partial charge >= 0.3 is 0 Å². The Bertz CT molecular complexity index is 327. The summed E-state index contributed by atoms with van der Waals surface area (Å²) in [5.41, 5.74) is 7.11. The number of halogens is 1. The van der Waals surface area contributed by atoms with E-state index in [4.69, 9.17) is 5.73 Å². The van der Waals surface area contributed by atoms with Gasteiger partial charge in [0.2, 0.25) is 0 Å². The van der Waals surface area contributed by atoms with Gasteiger partial charge in [0.25, 0.3) is 0 Å². The maximum atomic E-state index is 12.9. The first-order valence-corrected chi connectivity index (χ1v) is 7.16. The first kappa shape index (κ1) is 14.5. The average Bonchev–Trinajstić information content (AvgIpc) is 2.29. The maximum absolute atomic E-state index is 12.9. The van der Waals surface area contributed by atoms with E-state index in [1.54, 1.807) is 0 Å². The second-order valence-electron chi connectivity index (χ2n) is 4.33. The van der Waals surface area contributed by atoms with Crippen LogP contribution in [0.4, 0.5) is 4.39 Å². The summed E-state index contributed by atoms with van der Waals surface area (Å²) in [4.78, 5) is 2.23. The van der Waals surface area contributed by atoms with Crippen LogP contribution >= 0.6 is 11.8 Å². The molecule has 4 heteroatoms. The smallest absolute Gasteiger partial charge is 0.123 e. The van der Waals surface area contributed by atoms with E-state index in [2.05, 4.69) is 18.2 Å². The van der Waals surface area contributed by atoms with Crippen molar-refractivity contribution in [3.05, 3.63) is 35.6 Å². The Kier molecular flexibility index (Phi) is 5.95. The van der Waals surface area contributed by atoms with Crippen LogP contribution < -0.4 is 5.73 Å². The number of likely N-dealkylation sites (N-methyl/N-ethyl adjacent to an activating group) is 1. The number of hydrogen-bond acceptors (Lipinski definition) is 3. The molecule has 0 bridgehead atoms. The Morgan fingerprint density at radius 2 is 1.94 bits per heavy atom. The number of hydrogen-bond donors (Lipinski definition) is 1. The molecule has 2 unspecified atom stereocenters. The molecular weight excluding hydrogens is 235 g/mol. The van der Waals surface area contributed by atoms with Crippen molar-refractivity contribution < 1.29 is 4.39 Å². The van der Waals surface area contributed by atoms with Crippen molar-refractivity contribution in [3.63, 3.8) is 0 Å². The van der Waals surface area contributed by atoms with Gasteiger partial charge in [-0.1, -0.05) is 12.1 Å². The van der Waals surface area contributed by atoms with Crippen molar-refractivity contribution in [2.75, 3.05) is 25.6 Å². The highest BCUT2D eigenvalue weighted by Gasteiger charge is 2.20. The molecule has 17 heavy (non-hydrogen) atoms. The minimum absolute atomic E-state index is 0.0207. The molecule has 0 amide bonds. The second-order valence-corrected chi connectivity index (χ2v) is 5.31. The highest BCUT2D eigenvalue weighted by atomic mass is 32.2. The molecule has 2 atom stereocenters. The topological polar surface area (TPSA) is 29.3 Å². The molecule has 0 aliphatic carbocycles. The van der Waals surface area contributed by atoms with Crippen LogP contribution in [0.2, 0.25) is 0 Å². The monoisotopic (exact) mass is 256 g/mol. The zero-order valence-electron chi connectivity index (χ0n) is 10.7. The Balaban J connectivity index is 2.81. The van der Waals surface area contributed by atoms with Gasteiger partial charge in [-0.2, -0.15) is 11.8 Å². The van der Waals surface area contributed by atoms with E-state index in [-0.39, 0.29) is 17.9 Å². The Labute approximate surface area is 107 Å². The fourth-order valence-corrected chi connectivity index (χ4v) is 2.46. The molecule has 0 radical (unpaired) electrons. The molecule has 0 saturated heterocycles. The Morgan fingerprint density at radius 3 is 2.41 bits per heavy atom. The number of nitrogens with zero attached hydrogens (tertiary/aromatic N) is 1. The van der Waals surface area contributed by atoms with Crippen LogP contribution in [0.25, 0.3) is 0 Å². The highest BCUT2D eigenvalue weighted by Crippen LogP contribution is 2.22. The number of nitrogens with two attached hydrogens (primary N) is 1. The lowest BCUT2D eigenvalue weighted by Gasteiger charge is -2.31. The van der Waals surface area contributed by atoms with Gasteiger partial charge in [0, 0.05) is 24.4 Å². The predicted octanol–water partition coefficient (Wildman–Crippen LogP) is 2.51. The van der Waals surface area contributed by atoms with Crippen LogP contribution in [0.15, 0.2) is 24.3 Å². The van der Waals surface area contributed by atoms with Gasteiger partial charge in [0.1, 0.15) is 5.82 Å². The van der Waals surface area contributed by atoms with Gasteiger partial charge < -0.3 is 5.73 Å². The van der Waals surface area contributed by atoms with Gasteiger partial charge in [-0.25, -0.2) is 4.39 Å². The van der Waals surface area contributed by atoms with Crippen molar-refractivity contribution in [1.82, 2.24) is 4.90 Å². The molecule has 0 spiro atoms. The largest absolute Gasteiger partial charge is 0.326 e. The van der Waals surface area contributed by atoms with Crippen LogP contribution in [0.1, 0.15) is 18.5 Å². The molecule has 1 aromatic rings. The summed E-state index contributed by atoms with van der Waals surface area (Å²) in [6.45, 7) is 2.97. The Hall–Kier alpha value is -0.580. The summed E-state index contributed by atoms with van der Waals surface area (Å²) in [6, 6.07) is 6.79. The van der Waals surface area contributed by atoms with E-state index in [0.29, 0.717) is 0 Å². The van der Waals surface area contributed by atoms with Crippen LogP contribution in [0, 0.1) is 5.82 Å². The van der Waals surface area contributed by atoms with E-state index >= 15 is 0 Å². The zero-order valence-corrected chi connectivity index (χ0v) is 11.5. The average molecular weight is 256 g/mol. The standard InChI is InChI=1S/C13H21FN2S/c1-10(15)13(16(2)8-9-17-3)11-4-6-12(14)7-5-11/h4-7,10,13H,8-9,15H2,1-3H3. The van der Waals surface area contributed by atoms with Crippen LogP contribution in [0.3, 0.4) is 0 Å². The van der Waals surface area contributed by atoms with Crippen molar-refractivity contribution in [2.24, 2.45) is 5.73 Å². The number of benzene rings is 1. The van der Waals surface area contributed by atoms with E-state index in [9.17, 15) is 4.39 Å². The third-order valence-electron chi connectivity index (χ3n) is 2.83. The van der Waals surface area contributed by atoms with Gasteiger partial charge in [-0.15, -0.1) is 0 Å². The zero-order chi connectivity index (χ0) is 12.8. The van der Waals surface area contributed by atoms with Crippen molar-refractivity contribution in [2.45, 2.75) is 19.0 Å². The van der Waals surface area contributed by atoms with E-state index in [1.165, 1.54) is 12.1 Å². The summed E-state index contributed by atoms with van der Waals surface area (Å²) in [7, 11) is 2.06. The number of thioether (sulfide) groups is 1. The maximum Gasteiger partial charge on any atom is 0.123 e. The second kappa shape index (κ2) is 6.99. The molecule has 0 saturated carbocycles. The third-order valence-corrected chi connectivity index (χ3v) is 3.42. The SMILES string of the molecule is CSCCN(C)C(c1ccc(F)cc1)C(C)N. The van der Waals surface area contributed by atoms with Gasteiger partial charge in [0.05, 0.1) is 0 Å². The molecule has 0 heterocycles. The fourth-order valence-electron chi connectivity index (χ4n) is 1.99. The van der Waals surface area contributed by atoms with Gasteiger partial charge in [-0.05, 0) is 37.9 Å². The van der Waals surface area contributed by atoms with Gasteiger partial charge in [0.15, 0.2) is 0 Å². The molecule has 0 aliphatic heterocycles. The first-order chi connectivity index (χ1) is 8.06. The predicted molar refractivity (Wildman–Crippen MR) is 73.8 cm³/mol. The molecule has 0 aromatic heterocycles. The highest BCUT2D eigenvalue weighted by molar-refractivity contribution is 7.98. The van der Waals surface area contributed by atoms with E-state index in [0.717, 1.165) is 17.9 Å². The molecule has 2 N–H and O–H groups in total. The minimum Gasteiger partial charge on any atom is -0.326 e. The minimum atomic E-state index is -0.205. The summed E-state index contributed by atoms with van der Waals surface area (Å²) < 4.78 is 12.9. The molecule has 0 aliphatic rings. The quantitative estimate of drug-likeness (QED) is 0.848. The molecule has 96 valence electrons. The lowest BCUT2D eigenvalue weighted by atomic mass is 10.00. The van der Waals surface area contributed by atoms with Crippen LogP contribution in [-0.4, -0.2) is 36.5 Å². The fraction of sp³-hybridized carbons (Fsp3) is 0.538. The molecule has 2 nitrogen and oxygen atoms in total. The van der Waals surface area contributed by atoms with Crippen molar-refractivity contribution >= 4 is 11.8 Å². The van der Waals surface area contributed by atoms with Gasteiger partial charge in [-0.3, -0.25) is 4.90 Å².